The van der Waals surface area contributed by atoms with Crippen molar-refractivity contribution in [2.24, 2.45) is 0 Å². The average molecular weight is 415 g/mol. The molecule has 3 rings (SSSR count). The third kappa shape index (κ3) is 4.49. The molecular weight excluding hydrogens is 388 g/mol. The number of carbonyl (C=O) groups is 1. The fraction of sp³-hybridized carbons (Fsp3) is 0.333. The van der Waals surface area contributed by atoms with Gasteiger partial charge in [-0.1, -0.05) is 12.1 Å². The minimum Gasteiger partial charge on any atom is -0.331 e. The van der Waals surface area contributed by atoms with Crippen LogP contribution >= 0.6 is 0 Å². The number of carbonyl (C=O) groups excluding carboxylic acids is 1. The van der Waals surface area contributed by atoms with Crippen molar-refractivity contribution in [3.63, 3.8) is 0 Å². The zero-order valence-electron chi connectivity index (χ0n) is 17.1. The third-order valence-electron chi connectivity index (χ3n) is 5.05. The number of sulfonamides is 1. The molecule has 0 bridgehead atoms. The van der Waals surface area contributed by atoms with Gasteiger partial charge in [0.25, 0.3) is 0 Å². The van der Waals surface area contributed by atoms with Gasteiger partial charge in [-0.15, -0.1) is 0 Å². The molecule has 1 amide bonds. The van der Waals surface area contributed by atoms with Crippen LogP contribution in [0.2, 0.25) is 0 Å². The van der Waals surface area contributed by atoms with E-state index < -0.39 is 10.0 Å². The molecule has 7 nitrogen and oxygen atoms in total. The Morgan fingerprint density at radius 2 is 1.93 bits per heavy atom. The van der Waals surface area contributed by atoms with Crippen molar-refractivity contribution < 1.29 is 13.2 Å². The molecule has 3 aromatic rings. The lowest BCUT2D eigenvalue weighted by Crippen LogP contribution is -2.22. The van der Waals surface area contributed by atoms with Crippen molar-refractivity contribution in [1.29, 1.82) is 0 Å². The molecule has 8 heteroatoms. The molecule has 2 aromatic carbocycles. The van der Waals surface area contributed by atoms with Crippen LogP contribution in [0.5, 0.6) is 0 Å². The van der Waals surface area contributed by atoms with E-state index in [0.717, 1.165) is 22.3 Å². The quantitative estimate of drug-likeness (QED) is 0.643. The Hall–Kier alpha value is -2.71. The number of anilines is 1. The first kappa shape index (κ1) is 21.0. The van der Waals surface area contributed by atoms with Crippen molar-refractivity contribution in [2.75, 3.05) is 19.4 Å². The van der Waals surface area contributed by atoms with Gasteiger partial charge in [0.2, 0.25) is 15.9 Å². The van der Waals surface area contributed by atoms with E-state index >= 15 is 0 Å². The third-order valence-corrected chi connectivity index (χ3v) is 6.86. The predicted molar refractivity (Wildman–Crippen MR) is 114 cm³/mol. The lowest BCUT2D eigenvalue weighted by Gasteiger charge is -2.11. The van der Waals surface area contributed by atoms with Gasteiger partial charge in [-0.25, -0.2) is 17.7 Å². The smallest absolute Gasteiger partial charge is 0.242 e. The lowest BCUT2D eigenvalue weighted by atomic mass is 10.1. The zero-order chi connectivity index (χ0) is 21.2. The molecule has 0 saturated carbocycles. The molecule has 1 aromatic heterocycles. The van der Waals surface area contributed by atoms with Crippen molar-refractivity contribution in [3.05, 3.63) is 53.9 Å². The molecule has 0 saturated heterocycles. The Morgan fingerprint density at radius 3 is 2.66 bits per heavy atom. The first-order valence-corrected chi connectivity index (χ1v) is 10.9. The molecule has 1 heterocycles. The average Bonchev–Trinajstić information content (AvgIpc) is 3.07. The van der Waals surface area contributed by atoms with E-state index in [4.69, 9.17) is 0 Å². The van der Waals surface area contributed by atoms with Crippen molar-refractivity contribution >= 4 is 32.7 Å². The second-order valence-electron chi connectivity index (χ2n) is 7.28. The van der Waals surface area contributed by atoms with Crippen LogP contribution in [-0.2, 0) is 21.4 Å². The fourth-order valence-corrected chi connectivity index (χ4v) is 4.02. The number of nitrogens with one attached hydrogen (secondary N) is 1. The van der Waals surface area contributed by atoms with E-state index in [1.165, 1.54) is 18.4 Å². The number of benzene rings is 2. The van der Waals surface area contributed by atoms with Crippen LogP contribution in [0.4, 0.5) is 5.69 Å². The molecule has 0 fully saturated rings. The van der Waals surface area contributed by atoms with E-state index in [0.29, 0.717) is 24.9 Å². The first-order valence-electron chi connectivity index (χ1n) is 9.43. The van der Waals surface area contributed by atoms with Crippen LogP contribution < -0.4 is 5.32 Å². The molecule has 154 valence electrons. The summed E-state index contributed by atoms with van der Waals surface area (Å²) in [5.41, 5.74) is 4.52. The molecule has 1 N–H and O–H groups in total. The summed E-state index contributed by atoms with van der Waals surface area (Å²) < 4.78 is 27.7. The van der Waals surface area contributed by atoms with Gasteiger partial charge >= 0.3 is 0 Å². The molecule has 0 spiro atoms. The number of rotatable bonds is 7. The summed E-state index contributed by atoms with van der Waals surface area (Å²) in [5.74, 6) is -0.0255. The van der Waals surface area contributed by atoms with Gasteiger partial charge < -0.3 is 9.88 Å². The zero-order valence-corrected chi connectivity index (χ0v) is 18.0. The Labute approximate surface area is 171 Å². The standard InChI is InChI=1S/C21H26N4O3S/c1-15-7-5-8-18(16(15)2)23-21(26)9-6-12-25-14-22-19-13-17(10-11-20(19)25)29(27,28)24(3)4/h5,7-8,10-11,13-14H,6,9,12H2,1-4H3,(H,23,26). The molecule has 29 heavy (non-hydrogen) atoms. The Kier molecular flexibility index (Phi) is 6.04. The maximum absolute atomic E-state index is 12.3. The lowest BCUT2D eigenvalue weighted by molar-refractivity contribution is -0.116. The summed E-state index contributed by atoms with van der Waals surface area (Å²) in [5, 5.41) is 2.97. The largest absolute Gasteiger partial charge is 0.331 e. The number of hydrogen-bond acceptors (Lipinski definition) is 4. The minimum absolute atomic E-state index is 0.0255. The van der Waals surface area contributed by atoms with Gasteiger partial charge in [0, 0.05) is 32.7 Å². The topological polar surface area (TPSA) is 84.3 Å². The van der Waals surface area contributed by atoms with Crippen molar-refractivity contribution in [2.45, 2.75) is 38.1 Å². The highest BCUT2D eigenvalue weighted by atomic mass is 32.2. The fourth-order valence-electron chi connectivity index (χ4n) is 3.10. The molecule has 0 atom stereocenters. The van der Waals surface area contributed by atoms with Gasteiger partial charge in [0.15, 0.2) is 0 Å². The van der Waals surface area contributed by atoms with Gasteiger partial charge in [-0.2, -0.15) is 0 Å². The molecule has 0 aliphatic rings. The van der Waals surface area contributed by atoms with Crippen molar-refractivity contribution in [3.8, 4) is 0 Å². The van der Waals surface area contributed by atoms with Crippen LogP contribution in [0.15, 0.2) is 47.6 Å². The second-order valence-corrected chi connectivity index (χ2v) is 9.43. The molecule has 0 aliphatic carbocycles. The van der Waals surface area contributed by atoms with Crippen LogP contribution in [0.1, 0.15) is 24.0 Å². The summed E-state index contributed by atoms with van der Waals surface area (Å²) in [4.78, 5) is 16.8. The van der Waals surface area contributed by atoms with Crippen molar-refractivity contribution in [1.82, 2.24) is 13.9 Å². The Morgan fingerprint density at radius 1 is 1.17 bits per heavy atom. The number of nitrogens with zero attached hydrogens (tertiary/aromatic N) is 3. The van der Waals surface area contributed by atoms with Crippen LogP contribution in [-0.4, -0.2) is 42.3 Å². The van der Waals surface area contributed by atoms with Gasteiger partial charge in [0.05, 0.1) is 22.3 Å². The first-order chi connectivity index (χ1) is 13.7. The van der Waals surface area contributed by atoms with E-state index in [1.54, 1.807) is 24.5 Å². The maximum Gasteiger partial charge on any atom is 0.242 e. The summed E-state index contributed by atoms with van der Waals surface area (Å²) >= 11 is 0. The SMILES string of the molecule is Cc1cccc(NC(=O)CCCn2cnc3cc(S(=O)(=O)N(C)C)ccc32)c1C. The van der Waals surface area contributed by atoms with E-state index in [1.807, 2.05) is 36.6 Å². The summed E-state index contributed by atoms with van der Waals surface area (Å²) in [7, 11) is -0.490. The Balaban J connectivity index is 1.64. The highest BCUT2D eigenvalue weighted by Crippen LogP contribution is 2.21. The number of imidazole rings is 1. The van der Waals surface area contributed by atoms with E-state index in [2.05, 4.69) is 10.3 Å². The van der Waals surface area contributed by atoms with Crippen LogP contribution in [0.25, 0.3) is 11.0 Å². The molecule has 0 unspecified atom stereocenters. The maximum atomic E-state index is 12.3. The van der Waals surface area contributed by atoms with Crippen LogP contribution in [0, 0.1) is 13.8 Å². The number of amides is 1. The number of aromatic nitrogens is 2. The van der Waals surface area contributed by atoms with E-state index in [-0.39, 0.29) is 10.8 Å². The highest BCUT2D eigenvalue weighted by molar-refractivity contribution is 7.89. The summed E-state index contributed by atoms with van der Waals surface area (Å²) in [6, 6.07) is 10.8. The molecular formula is C21H26N4O3S. The monoisotopic (exact) mass is 414 g/mol. The summed E-state index contributed by atoms with van der Waals surface area (Å²) in [6.45, 7) is 4.63. The highest BCUT2D eigenvalue weighted by Gasteiger charge is 2.18. The minimum atomic E-state index is -3.49. The number of aryl methyl sites for hydroxylation is 2. The molecule has 0 radical (unpaired) electrons. The van der Waals surface area contributed by atoms with Crippen LogP contribution in [0.3, 0.4) is 0 Å². The normalized spacial score (nSPS) is 11.9. The van der Waals surface area contributed by atoms with E-state index in [9.17, 15) is 13.2 Å². The number of fused-ring (bicyclic) bond motifs is 1. The van der Waals surface area contributed by atoms with Gasteiger partial charge in [0.1, 0.15) is 0 Å². The Bertz CT molecular complexity index is 1150. The number of hydrogen-bond donors (Lipinski definition) is 1. The predicted octanol–water partition coefficient (Wildman–Crippen LogP) is 3.32. The van der Waals surface area contributed by atoms with Gasteiger partial charge in [-0.05, 0) is 55.7 Å². The summed E-state index contributed by atoms with van der Waals surface area (Å²) in [6.07, 6.45) is 2.72. The van der Waals surface area contributed by atoms with Gasteiger partial charge in [-0.3, -0.25) is 4.79 Å². The molecule has 0 aliphatic heterocycles. The second kappa shape index (κ2) is 8.34.